The molecule has 1 unspecified atom stereocenters. The molecule has 1 aromatic carbocycles. The van der Waals surface area contributed by atoms with Gasteiger partial charge in [0.1, 0.15) is 0 Å². The lowest BCUT2D eigenvalue weighted by Gasteiger charge is -2.34. The molecule has 0 spiro atoms. The van der Waals surface area contributed by atoms with Crippen LogP contribution in [-0.2, 0) is 4.79 Å². The lowest BCUT2D eigenvalue weighted by atomic mass is 10.0. The predicted molar refractivity (Wildman–Crippen MR) is 83.4 cm³/mol. The van der Waals surface area contributed by atoms with Gasteiger partial charge in [0.05, 0.1) is 6.54 Å². The summed E-state index contributed by atoms with van der Waals surface area (Å²) in [4.78, 5) is 13.6. The summed E-state index contributed by atoms with van der Waals surface area (Å²) in [6, 6.07) is 10.5. The van der Waals surface area contributed by atoms with Crippen LogP contribution in [0.5, 0.6) is 0 Å². The number of piperidine rings is 1. The van der Waals surface area contributed by atoms with Gasteiger partial charge < -0.3 is 16.0 Å². The molecule has 3 N–H and O–H groups in total. The van der Waals surface area contributed by atoms with E-state index in [4.69, 9.17) is 5.73 Å². The zero-order valence-electron chi connectivity index (χ0n) is 10.7. The molecule has 0 radical (unpaired) electrons. The molecule has 1 amide bonds. The Morgan fingerprint density at radius 1 is 1.32 bits per heavy atom. The molecule has 1 atom stereocenters. The van der Waals surface area contributed by atoms with Crippen LogP contribution < -0.4 is 16.0 Å². The Morgan fingerprint density at radius 3 is 2.63 bits per heavy atom. The smallest absolute Gasteiger partial charge is 0.234 e. The van der Waals surface area contributed by atoms with Crippen molar-refractivity contribution >= 4 is 36.4 Å². The Balaban J connectivity index is 0.00000162. The molecule has 0 aromatic heterocycles. The number of nitrogens with two attached hydrogens (primary N) is 1. The lowest BCUT2D eigenvalue weighted by Crippen LogP contribution is -2.49. The van der Waals surface area contributed by atoms with E-state index in [-0.39, 0.29) is 43.3 Å². The largest absolute Gasteiger partial charge is 0.369 e. The number of carbonyl (C=O) groups is 1. The van der Waals surface area contributed by atoms with Crippen LogP contribution in [0, 0.1) is 0 Å². The molecule has 2 rings (SSSR count). The average molecular weight is 306 g/mol. The van der Waals surface area contributed by atoms with Crippen molar-refractivity contribution in [2.24, 2.45) is 5.73 Å². The zero-order chi connectivity index (χ0) is 12.1. The molecule has 1 heterocycles. The maximum Gasteiger partial charge on any atom is 0.234 e. The standard InChI is InChI=1S/C13H19N3O.2ClH/c14-9-13(17)15-11-5-4-8-16(10-11)12-6-2-1-3-7-12;;/h1-3,6-7,11H,4-5,8-10,14H2,(H,15,17);2*1H. The number of halogens is 2. The second-order valence-corrected chi connectivity index (χ2v) is 4.39. The van der Waals surface area contributed by atoms with Gasteiger partial charge in [-0.1, -0.05) is 18.2 Å². The van der Waals surface area contributed by atoms with Crippen LogP contribution in [0.1, 0.15) is 12.8 Å². The quantitative estimate of drug-likeness (QED) is 0.891. The first-order chi connectivity index (χ1) is 8.29. The third-order valence-corrected chi connectivity index (χ3v) is 3.09. The molecule has 4 nitrogen and oxygen atoms in total. The van der Waals surface area contributed by atoms with Crippen LogP contribution in [0.3, 0.4) is 0 Å². The number of nitrogens with zero attached hydrogens (tertiary/aromatic N) is 1. The van der Waals surface area contributed by atoms with Gasteiger partial charge in [0, 0.05) is 24.8 Å². The van der Waals surface area contributed by atoms with Crippen molar-refractivity contribution in [3.63, 3.8) is 0 Å². The molecule has 108 valence electrons. The second kappa shape index (κ2) is 9.02. The normalized spacial score (nSPS) is 17.9. The van der Waals surface area contributed by atoms with E-state index in [0.29, 0.717) is 0 Å². The highest BCUT2D eigenvalue weighted by atomic mass is 35.5. The van der Waals surface area contributed by atoms with Gasteiger partial charge in [0.25, 0.3) is 0 Å². The maximum absolute atomic E-state index is 11.3. The fraction of sp³-hybridized carbons (Fsp3) is 0.462. The summed E-state index contributed by atoms with van der Waals surface area (Å²) in [5, 5.41) is 2.96. The van der Waals surface area contributed by atoms with Gasteiger partial charge in [-0.05, 0) is 25.0 Å². The van der Waals surface area contributed by atoms with Crippen molar-refractivity contribution in [3.05, 3.63) is 30.3 Å². The summed E-state index contributed by atoms with van der Waals surface area (Å²) in [5.74, 6) is -0.0649. The van der Waals surface area contributed by atoms with Crippen LogP contribution in [-0.4, -0.2) is 31.6 Å². The Labute approximate surface area is 126 Å². The molecular weight excluding hydrogens is 285 g/mol. The molecule has 1 aliphatic heterocycles. The van der Waals surface area contributed by atoms with E-state index >= 15 is 0 Å². The number of hydrogen-bond acceptors (Lipinski definition) is 3. The van der Waals surface area contributed by atoms with Crippen molar-refractivity contribution in [1.82, 2.24) is 5.32 Å². The molecule has 1 fully saturated rings. The summed E-state index contributed by atoms with van der Waals surface area (Å²) in [6.07, 6.45) is 2.14. The summed E-state index contributed by atoms with van der Waals surface area (Å²) in [7, 11) is 0. The fourth-order valence-electron chi connectivity index (χ4n) is 2.25. The maximum atomic E-state index is 11.3. The Kier molecular flexibility index (Phi) is 8.56. The van der Waals surface area contributed by atoms with Gasteiger partial charge in [-0.25, -0.2) is 0 Å². The lowest BCUT2D eigenvalue weighted by molar-refractivity contribution is -0.120. The van der Waals surface area contributed by atoms with E-state index in [9.17, 15) is 4.79 Å². The third-order valence-electron chi connectivity index (χ3n) is 3.09. The summed E-state index contributed by atoms with van der Waals surface area (Å²) in [5.41, 5.74) is 6.53. The first-order valence-corrected chi connectivity index (χ1v) is 6.09. The van der Waals surface area contributed by atoms with E-state index in [1.807, 2.05) is 18.2 Å². The summed E-state index contributed by atoms with van der Waals surface area (Å²) in [6.45, 7) is 2.00. The van der Waals surface area contributed by atoms with E-state index in [1.165, 1.54) is 5.69 Å². The predicted octanol–water partition coefficient (Wildman–Crippen LogP) is 1.57. The minimum absolute atomic E-state index is 0. The molecule has 0 saturated carbocycles. The van der Waals surface area contributed by atoms with E-state index in [1.54, 1.807) is 0 Å². The number of amides is 1. The number of anilines is 1. The zero-order valence-corrected chi connectivity index (χ0v) is 12.4. The molecule has 1 saturated heterocycles. The third kappa shape index (κ3) is 5.27. The number of para-hydroxylation sites is 1. The van der Waals surface area contributed by atoms with Gasteiger partial charge in [-0.15, -0.1) is 24.8 Å². The van der Waals surface area contributed by atoms with Crippen molar-refractivity contribution in [1.29, 1.82) is 0 Å². The van der Waals surface area contributed by atoms with Crippen molar-refractivity contribution in [2.45, 2.75) is 18.9 Å². The van der Waals surface area contributed by atoms with Crippen LogP contribution >= 0.6 is 24.8 Å². The van der Waals surface area contributed by atoms with Crippen LogP contribution in [0.25, 0.3) is 0 Å². The first-order valence-electron chi connectivity index (χ1n) is 6.09. The summed E-state index contributed by atoms with van der Waals surface area (Å²) >= 11 is 0. The fourth-order valence-corrected chi connectivity index (χ4v) is 2.25. The van der Waals surface area contributed by atoms with Crippen molar-refractivity contribution in [3.8, 4) is 0 Å². The average Bonchev–Trinajstić information content (AvgIpc) is 2.40. The molecule has 0 aliphatic carbocycles. The molecule has 6 heteroatoms. The molecule has 1 aromatic rings. The molecular formula is C13H21Cl2N3O. The minimum Gasteiger partial charge on any atom is -0.369 e. The second-order valence-electron chi connectivity index (χ2n) is 4.39. The van der Waals surface area contributed by atoms with Crippen molar-refractivity contribution in [2.75, 3.05) is 24.5 Å². The first kappa shape index (κ1) is 18.0. The summed E-state index contributed by atoms with van der Waals surface area (Å²) < 4.78 is 0. The van der Waals surface area contributed by atoms with E-state index in [0.717, 1.165) is 25.9 Å². The van der Waals surface area contributed by atoms with E-state index in [2.05, 4.69) is 22.3 Å². The molecule has 19 heavy (non-hydrogen) atoms. The van der Waals surface area contributed by atoms with E-state index < -0.39 is 0 Å². The van der Waals surface area contributed by atoms with Gasteiger partial charge >= 0.3 is 0 Å². The SMILES string of the molecule is Cl.Cl.NCC(=O)NC1CCCN(c2ccccc2)C1. The topological polar surface area (TPSA) is 58.4 Å². The molecule has 1 aliphatic rings. The number of hydrogen-bond donors (Lipinski definition) is 2. The number of rotatable bonds is 3. The van der Waals surface area contributed by atoms with Crippen LogP contribution in [0.15, 0.2) is 30.3 Å². The Hall–Kier alpha value is -0.970. The van der Waals surface area contributed by atoms with Gasteiger partial charge in [-0.2, -0.15) is 0 Å². The minimum atomic E-state index is -0.0649. The van der Waals surface area contributed by atoms with Gasteiger partial charge in [0.2, 0.25) is 5.91 Å². The highest BCUT2D eigenvalue weighted by Crippen LogP contribution is 2.19. The number of carbonyl (C=O) groups excluding carboxylic acids is 1. The monoisotopic (exact) mass is 305 g/mol. The number of benzene rings is 1. The Bertz CT molecular complexity index is 375. The highest BCUT2D eigenvalue weighted by Gasteiger charge is 2.20. The van der Waals surface area contributed by atoms with Gasteiger partial charge in [0.15, 0.2) is 0 Å². The van der Waals surface area contributed by atoms with Gasteiger partial charge in [-0.3, -0.25) is 4.79 Å². The van der Waals surface area contributed by atoms with Crippen LogP contribution in [0.4, 0.5) is 5.69 Å². The highest BCUT2D eigenvalue weighted by molar-refractivity contribution is 5.85. The molecule has 0 bridgehead atoms. The number of nitrogens with one attached hydrogen (secondary N) is 1. The van der Waals surface area contributed by atoms with Crippen molar-refractivity contribution < 1.29 is 4.79 Å². The van der Waals surface area contributed by atoms with Crippen LogP contribution in [0.2, 0.25) is 0 Å². The Morgan fingerprint density at radius 2 is 2.00 bits per heavy atom.